The van der Waals surface area contributed by atoms with Crippen molar-refractivity contribution in [1.29, 1.82) is 0 Å². The maximum absolute atomic E-state index is 4.55. The molecule has 1 heterocycles. The summed E-state index contributed by atoms with van der Waals surface area (Å²) >= 11 is 1.90. The third kappa shape index (κ3) is 4.08. The Morgan fingerprint density at radius 2 is 2.12 bits per heavy atom. The van der Waals surface area contributed by atoms with Crippen LogP contribution in [0.3, 0.4) is 0 Å². The molecule has 1 N–H and O–H groups in total. The predicted molar refractivity (Wildman–Crippen MR) is 76.4 cm³/mol. The molecular formula is C14H20N2S. The molecular weight excluding hydrogens is 228 g/mol. The lowest BCUT2D eigenvalue weighted by Crippen LogP contribution is -2.19. The van der Waals surface area contributed by atoms with E-state index in [-0.39, 0.29) is 0 Å². The first-order valence-corrected chi connectivity index (χ1v) is 7.11. The van der Waals surface area contributed by atoms with Gasteiger partial charge in [-0.25, -0.2) is 0 Å². The maximum atomic E-state index is 4.55. The van der Waals surface area contributed by atoms with E-state index < -0.39 is 0 Å². The number of hydrogen-bond acceptors (Lipinski definition) is 3. The van der Waals surface area contributed by atoms with Gasteiger partial charge in [0, 0.05) is 11.8 Å². The van der Waals surface area contributed by atoms with Gasteiger partial charge in [0.05, 0.1) is 6.54 Å². The molecule has 0 amide bonds. The highest BCUT2D eigenvalue weighted by Gasteiger charge is 2.19. The third-order valence-electron chi connectivity index (χ3n) is 2.74. The lowest BCUT2D eigenvalue weighted by atomic mass is 10.1. The Bertz CT molecular complexity index is 373. The molecule has 3 heteroatoms. The van der Waals surface area contributed by atoms with Crippen LogP contribution in [0, 0.1) is 5.92 Å². The summed E-state index contributed by atoms with van der Waals surface area (Å²) in [7, 11) is 0. The molecule has 0 saturated carbocycles. The second-order valence-corrected chi connectivity index (χ2v) is 6.14. The zero-order chi connectivity index (χ0) is 12.1. The van der Waals surface area contributed by atoms with Gasteiger partial charge in [-0.3, -0.25) is 4.99 Å². The number of nitrogens with one attached hydrogen (secondary N) is 1. The molecule has 0 saturated heterocycles. The van der Waals surface area contributed by atoms with Crippen LogP contribution in [0.5, 0.6) is 0 Å². The van der Waals surface area contributed by atoms with Gasteiger partial charge in [0.2, 0.25) is 0 Å². The van der Waals surface area contributed by atoms with Crippen molar-refractivity contribution in [2.45, 2.75) is 32.1 Å². The Kier molecular flexibility index (Phi) is 4.49. The van der Waals surface area contributed by atoms with Gasteiger partial charge in [0.15, 0.2) is 5.17 Å². The minimum absolute atomic E-state index is 0.674. The largest absolute Gasteiger partial charge is 0.361 e. The zero-order valence-corrected chi connectivity index (χ0v) is 11.3. The molecule has 1 unspecified atom stereocenters. The SMILES string of the molecule is CC(C)CC1CN=C(NCc2ccccc2)S1. The second kappa shape index (κ2) is 6.10. The van der Waals surface area contributed by atoms with Crippen LogP contribution in [0.2, 0.25) is 0 Å². The predicted octanol–water partition coefficient (Wildman–Crippen LogP) is 3.29. The van der Waals surface area contributed by atoms with Crippen molar-refractivity contribution in [3.05, 3.63) is 35.9 Å². The highest BCUT2D eigenvalue weighted by Crippen LogP contribution is 2.25. The Hall–Kier alpha value is -0.960. The number of aliphatic imine (C=N–C) groups is 1. The van der Waals surface area contributed by atoms with Gasteiger partial charge in [0.25, 0.3) is 0 Å². The van der Waals surface area contributed by atoms with Crippen LogP contribution in [-0.4, -0.2) is 17.0 Å². The number of benzene rings is 1. The summed E-state index contributed by atoms with van der Waals surface area (Å²) in [6, 6.07) is 10.5. The number of hydrogen-bond donors (Lipinski definition) is 1. The standard InChI is InChI=1S/C14H20N2S/c1-11(2)8-13-10-16-14(17-13)15-9-12-6-4-3-5-7-12/h3-7,11,13H,8-10H2,1-2H3,(H,15,16). The minimum Gasteiger partial charge on any atom is -0.361 e. The summed E-state index contributed by atoms with van der Waals surface area (Å²) in [5.74, 6) is 0.760. The average Bonchev–Trinajstić information content (AvgIpc) is 2.75. The fourth-order valence-electron chi connectivity index (χ4n) is 1.94. The van der Waals surface area contributed by atoms with E-state index in [1.165, 1.54) is 12.0 Å². The quantitative estimate of drug-likeness (QED) is 0.884. The molecule has 1 atom stereocenters. The topological polar surface area (TPSA) is 24.4 Å². The van der Waals surface area contributed by atoms with Crippen molar-refractivity contribution in [1.82, 2.24) is 5.32 Å². The lowest BCUT2D eigenvalue weighted by Gasteiger charge is -2.11. The van der Waals surface area contributed by atoms with E-state index in [0.717, 1.165) is 24.2 Å². The Labute approximate surface area is 108 Å². The first-order valence-electron chi connectivity index (χ1n) is 6.23. The Morgan fingerprint density at radius 3 is 2.82 bits per heavy atom. The van der Waals surface area contributed by atoms with Crippen LogP contribution < -0.4 is 5.32 Å². The highest BCUT2D eigenvalue weighted by molar-refractivity contribution is 8.14. The molecule has 0 spiro atoms. The first-order chi connectivity index (χ1) is 8.24. The fraction of sp³-hybridized carbons (Fsp3) is 0.500. The van der Waals surface area contributed by atoms with Gasteiger partial charge in [-0.15, -0.1) is 0 Å². The Morgan fingerprint density at radius 1 is 1.35 bits per heavy atom. The first kappa shape index (κ1) is 12.5. The minimum atomic E-state index is 0.674. The van der Waals surface area contributed by atoms with Gasteiger partial charge in [0.1, 0.15) is 0 Å². The van der Waals surface area contributed by atoms with E-state index in [4.69, 9.17) is 0 Å². The van der Waals surface area contributed by atoms with Crippen LogP contribution in [-0.2, 0) is 6.54 Å². The maximum Gasteiger partial charge on any atom is 0.157 e. The second-order valence-electron chi connectivity index (χ2n) is 4.85. The molecule has 0 bridgehead atoms. The molecule has 0 aliphatic carbocycles. The summed E-state index contributed by atoms with van der Waals surface area (Å²) in [6.45, 7) is 6.40. The molecule has 1 aromatic carbocycles. The molecule has 17 heavy (non-hydrogen) atoms. The van der Waals surface area contributed by atoms with Gasteiger partial charge in [-0.05, 0) is 17.9 Å². The number of amidine groups is 1. The molecule has 0 fully saturated rings. The van der Waals surface area contributed by atoms with Gasteiger partial charge in [-0.2, -0.15) is 0 Å². The van der Waals surface area contributed by atoms with Crippen LogP contribution in [0.25, 0.3) is 0 Å². The summed E-state index contributed by atoms with van der Waals surface area (Å²) in [4.78, 5) is 4.55. The van der Waals surface area contributed by atoms with Gasteiger partial charge in [-0.1, -0.05) is 55.9 Å². The van der Waals surface area contributed by atoms with Crippen LogP contribution in [0.4, 0.5) is 0 Å². The van der Waals surface area contributed by atoms with Crippen molar-refractivity contribution < 1.29 is 0 Å². The molecule has 1 aliphatic rings. The number of nitrogens with zero attached hydrogens (tertiary/aromatic N) is 1. The van der Waals surface area contributed by atoms with Gasteiger partial charge >= 0.3 is 0 Å². The van der Waals surface area contributed by atoms with Crippen molar-refractivity contribution in [2.75, 3.05) is 6.54 Å². The van der Waals surface area contributed by atoms with E-state index in [0.29, 0.717) is 5.25 Å². The normalized spacial score (nSPS) is 19.5. The average molecular weight is 248 g/mol. The van der Waals surface area contributed by atoms with E-state index in [1.54, 1.807) is 0 Å². The molecule has 1 aromatic rings. The lowest BCUT2D eigenvalue weighted by molar-refractivity contribution is 0.575. The Balaban J connectivity index is 1.75. The van der Waals surface area contributed by atoms with Gasteiger partial charge < -0.3 is 5.32 Å². The van der Waals surface area contributed by atoms with Crippen LogP contribution in [0.1, 0.15) is 25.8 Å². The van der Waals surface area contributed by atoms with E-state index >= 15 is 0 Å². The van der Waals surface area contributed by atoms with Crippen molar-refractivity contribution in [3.63, 3.8) is 0 Å². The van der Waals surface area contributed by atoms with Crippen molar-refractivity contribution in [3.8, 4) is 0 Å². The summed E-state index contributed by atoms with van der Waals surface area (Å²) in [5.41, 5.74) is 1.31. The van der Waals surface area contributed by atoms with Crippen LogP contribution >= 0.6 is 11.8 Å². The van der Waals surface area contributed by atoms with Crippen LogP contribution in [0.15, 0.2) is 35.3 Å². The molecule has 0 radical (unpaired) electrons. The molecule has 2 rings (SSSR count). The number of rotatable bonds is 4. The summed E-state index contributed by atoms with van der Waals surface area (Å²) in [6.07, 6.45) is 1.25. The zero-order valence-electron chi connectivity index (χ0n) is 10.5. The highest BCUT2D eigenvalue weighted by atomic mass is 32.2. The van der Waals surface area contributed by atoms with Crippen molar-refractivity contribution >= 4 is 16.9 Å². The smallest absolute Gasteiger partial charge is 0.157 e. The summed E-state index contributed by atoms with van der Waals surface area (Å²) in [5, 5.41) is 5.20. The molecule has 92 valence electrons. The van der Waals surface area contributed by atoms with E-state index in [9.17, 15) is 0 Å². The van der Waals surface area contributed by atoms with Crippen molar-refractivity contribution in [2.24, 2.45) is 10.9 Å². The summed E-state index contributed by atoms with van der Waals surface area (Å²) < 4.78 is 0. The monoisotopic (exact) mass is 248 g/mol. The van der Waals surface area contributed by atoms with E-state index in [2.05, 4.69) is 48.4 Å². The number of thioether (sulfide) groups is 1. The third-order valence-corrected chi connectivity index (χ3v) is 3.91. The molecule has 2 nitrogen and oxygen atoms in total. The fourth-order valence-corrected chi connectivity index (χ4v) is 3.19. The molecule has 1 aliphatic heterocycles. The van der Waals surface area contributed by atoms with E-state index in [1.807, 2.05) is 17.8 Å². The molecule has 0 aromatic heterocycles.